The van der Waals surface area contributed by atoms with E-state index in [2.05, 4.69) is 52.0 Å². The fourth-order valence-electron chi connectivity index (χ4n) is 5.22. The van der Waals surface area contributed by atoms with Crippen LogP contribution in [0.15, 0.2) is 140 Å². The lowest BCUT2D eigenvalue weighted by molar-refractivity contribution is 0.263. The summed E-state index contributed by atoms with van der Waals surface area (Å²) < 4.78 is 52.4. The summed E-state index contributed by atoms with van der Waals surface area (Å²) in [5.41, 5.74) is 2.69. The molecule has 5 aliphatic heterocycles. The van der Waals surface area contributed by atoms with E-state index in [-0.39, 0.29) is 0 Å². The largest absolute Gasteiger partial charge is 0.491 e. The molecule has 5 unspecified atom stereocenters. The normalized spacial score (nSPS) is 20.6. The second-order valence-electron chi connectivity index (χ2n) is 15.7. The van der Waals surface area contributed by atoms with Crippen LogP contribution in [0, 0.1) is 0 Å². The Kier molecular flexibility index (Phi) is 18.6. The zero-order valence-electron chi connectivity index (χ0n) is 36.0. The van der Waals surface area contributed by atoms with E-state index >= 15 is 0 Å². The van der Waals surface area contributed by atoms with Crippen molar-refractivity contribution in [3.63, 3.8) is 0 Å². The average Bonchev–Trinajstić information content (AvgIpc) is 4.08. The fraction of sp³-hybridized carbons (Fsp3) is 0.412. The second-order valence-corrected chi connectivity index (χ2v) is 15.7. The van der Waals surface area contributed by atoms with Gasteiger partial charge in [-0.2, -0.15) is 0 Å². The predicted octanol–water partition coefficient (Wildman–Crippen LogP) is 9.57. The summed E-state index contributed by atoms with van der Waals surface area (Å²) in [4.78, 5) is 0. The first-order valence-electron chi connectivity index (χ1n) is 21.4. The van der Waals surface area contributed by atoms with Crippen molar-refractivity contribution in [2.24, 2.45) is 0 Å². The third-order valence-corrected chi connectivity index (χ3v) is 9.51. The van der Waals surface area contributed by atoms with Crippen LogP contribution in [-0.4, -0.2) is 96.6 Å². The predicted molar refractivity (Wildman–Crippen MR) is 237 cm³/mol. The molecule has 5 aromatic rings. The maximum atomic E-state index is 5.54. The highest BCUT2D eigenvalue weighted by Gasteiger charge is 2.25. The molecule has 10 rings (SSSR count). The Hall–Kier alpha value is -5.10. The first kappa shape index (κ1) is 45.4. The molecule has 0 aromatic heterocycles. The lowest BCUT2D eigenvalue weighted by atomic mass is 10.0. The van der Waals surface area contributed by atoms with E-state index < -0.39 is 0 Å². The molecule has 0 aliphatic carbocycles. The Labute approximate surface area is 361 Å². The van der Waals surface area contributed by atoms with Gasteiger partial charge in [0.2, 0.25) is 0 Å². The van der Waals surface area contributed by atoms with Crippen LogP contribution in [-0.2, 0) is 23.7 Å². The van der Waals surface area contributed by atoms with E-state index in [4.69, 9.17) is 47.4 Å². The molecule has 0 N–H and O–H groups in total. The number of epoxide rings is 5. The first-order chi connectivity index (χ1) is 29.9. The van der Waals surface area contributed by atoms with Crippen LogP contribution < -0.4 is 23.7 Å². The molecule has 61 heavy (non-hydrogen) atoms. The van der Waals surface area contributed by atoms with E-state index in [1.807, 2.05) is 115 Å². The summed E-state index contributed by atoms with van der Waals surface area (Å²) in [6.45, 7) is 16.4. The minimum Gasteiger partial charge on any atom is -0.491 e. The molecule has 5 aliphatic rings. The Morgan fingerprint density at radius 3 is 0.705 bits per heavy atom. The van der Waals surface area contributed by atoms with Crippen LogP contribution >= 0.6 is 0 Å². The third-order valence-electron chi connectivity index (χ3n) is 9.51. The molecule has 5 atom stereocenters. The number of ether oxygens (including phenoxy) is 10. The minimum absolute atomic E-state index is 0.333. The van der Waals surface area contributed by atoms with Crippen molar-refractivity contribution in [2.75, 3.05) is 66.1 Å². The number of para-hydroxylation sites is 3. The Bertz CT molecular complexity index is 1690. The van der Waals surface area contributed by atoms with Gasteiger partial charge in [0.25, 0.3) is 0 Å². The Morgan fingerprint density at radius 1 is 0.328 bits per heavy atom. The van der Waals surface area contributed by atoms with E-state index in [0.29, 0.717) is 75.4 Å². The molecule has 10 nitrogen and oxygen atoms in total. The highest BCUT2D eigenvalue weighted by Crippen LogP contribution is 2.22. The molecule has 5 heterocycles. The van der Waals surface area contributed by atoms with Crippen molar-refractivity contribution in [1.82, 2.24) is 0 Å². The molecule has 0 saturated carbocycles. The van der Waals surface area contributed by atoms with Crippen LogP contribution in [0.25, 0.3) is 0 Å². The van der Waals surface area contributed by atoms with Crippen molar-refractivity contribution < 1.29 is 47.4 Å². The smallest absolute Gasteiger partial charge is 0.119 e. The molecule has 5 aromatic carbocycles. The van der Waals surface area contributed by atoms with Gasteiger partial charge in [0.15, 0.2) is 0 Å². The van der Waals surface area contributed by atoms with Gasteiger partial charge in [-0.3, -0.25) is 0 Å². The van der Waals surface area contributed by atoms with E-state index in [9.17, 15) is 0 Å². The standard InChI is InChI=1S/2C12H16O2.3C9H10O2/c2*1-9(2)10-3-5-11(6-4-10)13-7-12-8-14-12;3*1-2-4-8(5-3-1)10-6-9-7-11-9/h2*3-6,9,12H,7-8H2,1-2H3;3*1-5,9H,6-7H2. The number of hydrogen-bond acceptors (Lipinski definition) is 10. The summed E-state index contributed by atoms with van der Waals surface area (Å²) in [5, 5.41) is 0. The highest BCUT2D eigenvalue weighted by atomic mass is 16.6. The first-order valence-corrected chi connectivity index (χ1v) is 21.4. The van der Waals surface area contributed by atoms with Gasteiger partial charge in [0.05, 0.1) is 33.0 Å². The van der Waals surface area contributed by atoms with Crippen molar-refractivity contribution in [1.29, 1.82) is 0 Å². The zero-order chi connectivity index (χ0) is 42.5. The SMILES string of the molecule is CC(C)c1ccc(OCC2CO2)cc1.CC(C)c1ccc(OCC2CO2)cc1.c1ccc(OCC2CO2)cc1.c1ccc(OCC2CO2)cc1.c1ccc(OCC2CO2)cc1. The topological polar surface area (TPSA) is 109 Å². The Balaban J connectivity index is 0.000000128. The fourth-order valence-corrected chi connectivity index (χ4v) is 5.22. The average molecular weight is 835 g/mol. The van der Waals surface area contributed by atoms with Crippen LogP contribution in [0.3, 0.4) is 0 Å². The van der Waals surface area contributed by atoms with Gasteiger partial charge in [-0.1, -0.05) is 107 Å². The summed E-state index contributed by atoms with van der Waals surface area (Å²) in [6.07, 6.45) is 1.69. The van der Waals surface area contributed by atoms with Gasteiger partial charge in [-0.25, -0.2) is 0 Å². The maximum absolute atomic E-state index is 5.54. The summed E-state index contributed by atoms with van der Waals surface area (Å²) in [6, 6.07) is 45.9. The highest BCUT2D eigenvalue weighted by molar-refractivity contribution is 5.30. The van der Waals surface area contributed by atoms with Crippen LogP contribution in [0.5, 0.6) is 28.7 Å². The van der Waals surface area contributed by atoms with Gasteiger partial charge in [0, 0.05) is 0 Å². The maximum Gasteiger partial charge on any atom is 0.119 e. The molecule has 0 radical (unpaired) electrons. The van der Waals surface area contributed by atoms with Gasteiger partial charge < -0.3 is 47.4 Å². The molecular weight excluding hydrogens is 773 g/mol. The monoisotopic (exact) mass is 834 g/mol. The molecule has 5 saturated heterocycles. The quantitative estimate of drug-likeness (QED) is 0.0841. The molecule has 326 valence electrons. The van der Waals surface area contributed by atoms with E-state index in [1.54, 1.807) is 0 Å². The molecule has 0 amide bonds. The minimum atomic E-state index is 0.333. The summed E-state index contributed by atoms with van der Waals surface area (Å²) >= 11 is 0. The molecular formula is C51H62O10. The van der Waals surface area contributed by atoms with Crippen molar-refractivity contribution >= 4 is 0 Å². The van der Waals surface area contributed by atoms with Gasteiger partial charge >= 0.3 is 0 Å². The zero-order valence-corrected chi connectivity index (χ0v) is 36.0. The lowest BCUT2D eigenvalue weighted by Crippen LogP contribution is -2.03. The van der Waals surface area contributed by atoms with Crippen molar-refractivity contribution in [2.45, 2.75) is 70.1 Å². The van der Waals surface area contributed by atoms with Gasteiger partial charge in [-0.15, -0.1) is 0 Å². The molecule has 0 spiro atoms. The number of benzene rings is 5. The van der Waals surface area contributed by atoms with Crippen molar-refractivity contribution in [3.05, 3.63) is 151 Å². The van der Waals surface area contributed by atoms with E-state index in [1.165, 1.54) is 11.1 Å². The van der Waals surface area contributed by atoms with Gasteiger partial charge in [-0.05, 0) is 83.6 Å². The summed E-state index contributed by atoms with van der Waals surface area (Å²) in [5.74, 6) is 5.79. The second kappa shape index (κ2) is 25.0. The molecule has 5 fully saturated rings. The Morgan fingerprint density at radius 2 is 0.525 bits per heavy atom. The van der Waals surface area contributed by atoms with E-state index in [0.717, 1.165) is 61.8 Å². The molecule has 0 bridgehead atoms. The van der Waals surface area contributed by atoms with Crippen LogP contribution in [0.2, 0.25) is 0 Å². The third kappa shape index (κ3) is 20.3. The van der Waals surface area contributed by atoms with Gasteiger partial charge in [0.1, 0.15) is 92.3 Å². The summed E-state index contributed by atoms with van der Waals surface area (Å²) in [7, 11) is 0. The van der Waals surface area contributed by atoms with Crippen LogP contribution in [0.1, 0.15) is 50.7 Å². The number of hydrogen-bond donors (Lipinski definition) is 0. The van der Waals surface area contributed by atoms with Crippen LogP contribution in [0.4, 0.5) is 0 Å². The molecule has 10 heteroatoms. The van der Waals surface area contributed by atoms with Crippen molar-refractivity contribution in [3.8, 4) is 28.7 Å². The number of rotatable bonds is 17. The lowest BCUT2D eigenvalue weighted by Gasteiger charge is -2.07.